The van der Waals surface area contributed by atoms with E-state index in [1.54, 1.807) is 0 Å². The number of hydrogen-bond donors (Lipinski definition) is 0. The van der Waals surface area contributed by atoms with Gasteiger partial charge in [0.05, 0.1) is 66.2 Å². The van der Waals surface area contributed by atoms with E-state index in [0.29, 0.717) is 0 Å². The molecule has 458 valence electrons. The standard InChI is InChI=1S/C47H30N4.C43H28N4/c1-2-14-35(15-3-1)49-42-19-9-6-16-37(42)39-29-33(23-26-44(39)49)34-24-27-45-40(30-34)38-17-7-10-20-43(38)51(45)47-48-41-18-8-11-21-46(41)50(47)36-25-22-31-12-4-5-13-32(31)28-36;1-3-13-31(14-4-1)45-38-20-10-7-17-33(38)35-27-29(23-25-40(35)45)30-24-26-41-36(28-30)34-18-8-11-21-39(34)47(41)43-44-37-19-9-12-22-42(37)46(43)32-15-5-2-6-16-32/h1-30H;1-28H. The Morgan fingerprint density at radius 1 is 0.163 bits per heavy atom. The zero-order chi connectivity index (χ0) is 64.4. The molecule has 0 N–H and O–H groups in total. The van der Waals surface area contributed by atoms with Crippen molar-refractivity contribution < 1.29 is 0 Å². The van der Waals surface area contributed by atoms with Gasteiger partial charge in [0.1, 0.15) is 0 Å². The molecule has 98 heavy (non-hydrogen) atoms. The molecule has 8 nitrogen and oxygen atoms in total. The van der Waals surface area contributed by atoms with E-state index < -0.39 is 0 Å². The van der Waals surface area contributed by atoms with Crippen LogP contribution in [0.4, 0.5) is 0 Å². The first-order chi connectivity index (χ1) is 48.6. The van der Waals surface area contributed by atoms with Crippen molar-refractivity contribution in [1.29, 1.82) is 0 Å². The Labute approximate surface area is 562 Å². The Kier molecular flexibility index (Phi) is 12.5. The molecule has 15 aromatic carbocycles. The second kappa shape index (κ2) is 22.2. The monoisotopic (exact) mass is 1250 g/mol. The molecule has 8 heteroatoms. The van der Waals surface area contributed by atoms with E-state index in [-0.39, 0.29) is 0 Å². The number of nitrogens with zero attached hydrogens (tertiary/aromatic N) is 8. The fourth-order valence-electron chi connectivity index (χ4n) is 15.5. The Balaban J connectivity index is 0.000000133. The third-order valence-electron chi connectivity index (χ3n) is 19.9. The highest BCUT2D eigenvalue weighted by Crippen LogP contribution is 2.42. The maximum atomic E-state index is 5.31. The fraction of sp³-hybridized carbons (Fsp3) is 0. The number of rotatable bonds is 8. The minimum Gasteiger partial charge on any atom is -0.309 e. The van der Waals surface area contributed by atoms with E-state index in [2.05, 4.69) is 379 Å². The fourth-order valence-corrected chi connectivity index (χ4v) is 15.5. The normalized spacial score (nSPS) is 11.9. The van der Waals surface area contributed by atoms with E-state index in [9.17, 15) is 0 Å². The van der Waals surface area contributed by atoms with Gasteiger partial charge in [-0.1, -0.05) is 206 Å². The largest absolute Gasteiger partial charge is 0.309 e. The Hall–Kier alpha value is -13.3. The molecule has 0 radical (unpaired) electrons. The van der Waals surface area contributed by atoms with Crippen LogP contribution in [0.5, 0.6) is 0 Å². The quantitative estimate of drug-likeness (QED) is 0.152. The lowest BCUT2D eigenvalue weighted by atomic mass is 10.0. The summed E-state index contributed by atoms with van der Waals surface area (Å²) in [6.45, 7) is 0. The molecular formula is C90H58N8. The van der Waals surface area contributed by atoms with Crippen LogP contribution in [0.2, 0.25) is 0 Å². The lowest BCUT2D eigenvalue weighted by molar-refractivity contribution is 0.955. The van der Waals surface area contributed by atoms with Crippen LogP contribution < -0.4 is 0 Å². The lowest BCUT2D eigenvalue weighted by Crippen LogP contribution is -2.05. The number of hydrogen-bond acceptors (Lipinski definition) is 2. The highest BCUT2D eigenvalue weighted by atomic mass is 15.3. The maximum absolute atomic E-state index is 5.31. The van der Waals surface area contributed by atoms with Crippen molar-refractivity contribution in [2.75, 3.05) is 0 Å². The van der Waals surface area contributed by atoms with Crippen LogP contribution in [0.3, 0.4) is 0 Å². The third-order valence-corrected chi connectivity index (χ3v) is 19.9. The zero-order valence-corrected chi connectivity index (χ0v) is 53.1. The number of benzene rings is 15. The van der Waals surface area contributed by atoms with E-state index >= 15 is 0 Å². The minimum absolute atomic E-state index is 0.876. The van der Waals surface area contributed by atoms with Crippen LogP contribution in [0, 0.1) is 0 Å². The van der Waals surface area contributed by atoms with E-state index in [1.165, 1.54) is 110 Å². The Bertz CT molecular complexity index is 6740. The predicted molar refractivity (Wildman–Crippen MR) is 408 cm³/mol. The van der Waals surface area contributed by atoms with Gasteiger partial charge in [0.15, 0.2) is 0 Å². The number of imidazole rings is 2. The van der Waals surface area contributed by atoms with Crippen LogP contribution in [-0.4, -0.2) is 37.4 Å². The van der Waals surface area contributed by atoms with Gasteiger partial charge in [-0.3, -0.25) is 18.3 Å². The van der Waals surface area contributed by atoms with Crippen molar-refractivity contribution in [3.63, 3.8) is 0 Å². The van der Waals surface area contributed by atoms with Gasteiger partial charge < -0.3 is 9.13 Å². The van der Waals surface area contributed by atoms with Gasteiger partial charge in [-0.15, -0.1) is 0 Å². The average molecular weight is 1250 g/mol. The predicted octanol–water partition coefficient (Wildman–Crippen LogP) is 22.9. The smallest absolute Gasteiger partial charge is 0.220 e. The van der Waals surface area contributed by atoms with E-state index in [1.807, 2.05) is 0 Å². The van der Waals surface area contributed by atoms with Gasteiger partial charge >= 0.3 is 0 Å². The first-order valence-electron chi connectivity index (χ1n) is 33.4. The molecule has 0 bridgehead atoms. The van der Waals surface area contributed by atoms with Crippen molar-refractivity contribution in [3.8, 4) is 56.9 Å². The summed E-state index contributed by atoms with van der Waals surface area (Å²) in [5.74, 6) is 1.76. The van der Waals surface area contributed by atoms with Crippen molar-refractivity contribution >= 4 is 120 Å². The maximum Gasteiger partial charge on any atom is 0.220 e. The van der Waals surface area contributed by atoms with E-state index in [4.69, 9.17) is 9.97 Å². The van der Waals surface area contributed by atoms with Gasteiger partial charge in [0, 0.05) is 65.8 Å². The van der Waals surface area contributed by atoms with Crippen LogP contribution >= 0.6 is 0 Å². The Morgan fingerprint density at radius 3 is 0.847 bits per heavy atom. The molecule has 0 spiro atoms. The molecule has 21 rings (SSSR count). The summed E-state index contributed by atoms with van der Waals surface area (Å²) < 4.78 is 14.0. The highest BCUT2D eigenvalue weighted by molar-refractivity contribution is 6.15. The van der Waals surface area contributed by atoms with Gasteiger partial charge in [-0.05, 0) is 179 Å². The Morgan fingerprint density at radius 2 is 0.449 bits per heavy atom. The van der Waals surface area contributed by atoms with Crippen LogP contribution in [0.25, 0.3) is 177 Å². The molecule has 0 amide bonds. The van der Waals surface area contributed by atoms with Gasteiger partial charge in [-0.2, -0.15) is 0 Å². The molecule has 0 aliphatic heterocycles. The summed E-state index contributed by atoms with van der Waals surface area (Å²) in [5.41, 5.74) is 22.7. The third kappa shape index (κ3) is 8.64. The number of para-hydroxylation sites is 11. The van der Waals surface area contributed by atoms with E-state index in [0.717, 1.165) is 67.4 Å². The molecule has 0 aliphatic rings. The molecule has 6 aromatic heterocycles. The lowest BCUT2D eigenvalue weighted by Gasteiger charge is -2.13. The summed E-state index contributed by atoms with van der Waals surface area (Å²) >= 11 is 0. The van der Waals surface area contributed by atoms with Crippen molar-refractivity contribution in [1.82, 2.24) is 37.4 Å². The molecule has 21 aromatic rings. The van der Waals surface area contributed by atoms with Crippen LogP contribution in [0.1, 0.15) is 0 Å². The second-order valence-corrected chi connectivity index (χ2v) is 25.3. The van der Waals surface area contributed by atoms with Gasteiger partial charge in [-0.25, -0.2) is 9.97 Å². The molecule has 0 aliphatic carbocycles. The van der Waals surface area contributed by atoms with Crippen LogP contribution in [-0.2, 0) is 0 Å². The summed E-state index contributed by atoms with van der Waals surface area (Å²) in [5, 5.41) is 12.2. The highest BCUT2D eigenvalue weighted by Gasteiger charge is 2.24. The molecule has 6 heterocycles. The van der Waals surface area contributed by atoms with Crippen LogP contribution in [0.15, 0.2) is 352 Å². The molecule has 0 unspecified atom stereocenters. The summed E-state index contributed by atoms with van der Waals surface area (Å²) in [7, 11) is 0. The summed E-state index contributed by atoms with van der Waals surface area (Å²) in [6, 6.07) is 126. The molecule has 0 atom stereocenters. The second-order valence-electron chi connectivity index (χ2n) is 25.3. The summed E-state index contributed by atoms with van der Waals surface area (Å²) in [4.78, 5) is 10.5. The zero-order valence-electron chi connectivity index (χ0n) is 53.1. The SMILES string of the molecule is c1ccc(-n2c(-n3c4ccccc4c4cc(-c5ccc6c(c5)c5ccccc5n6-c5ccccc5)ccc43)nc3ccccc32)cc1.c1ccc(-n2c3ccccc3c3cc(-c4ccc5c(c4)c4ccccc4n5-c4nc5ccccc5n4-c4ccc5ccccc5c4)ccc32)cc1. The first-order valence-corrected chi connectivity index (χ1v) is 33.4. The van der Waals surface area contributed by atoms with Gasteiger partial charge in [0.2, 0.25) is 11.9 Å². The number of fused-ring (bicyclic) bond motifs is 15. The molecular weight excluding hydrogens is 1190 g/mol. The number of aromatic nitrogens is 8. The minimum atomic E-state index is 0.876. The van der Waals surface area contributed by atoms with Crippen molar-refractivity contribution in [3.05, 3.63) is 352 Å². The van der Waals surface area contributed by atoms with Crippen molar-refractivity contribution in [2.45, 2.75) is 0 Å². The van der Waals surface area contributed by atoms with Crippen molar-refractivity contribution in [2.24, 2.45) is 0 Å². The molecule has 0 saturated carbocycles. The molecule has 0 saturated heterocycles. The molecule has 0 fully saturated rings. The first kappa shape index (κ1) is 55.2. The average Bonchev–Trinajstić information content (AvgIpc) is 1.87. The van der Waals surface area contributed by atoms with Gasteiger partial charge in [0.25, 0.3) is 0 Å². The topological polar surface area (TPSA) is 55.4 Å². The summed E-state index contributed by atoms with van der Waals surface area (Å²) in [6.07, 6.45) is 0.